The first-order valence-electron chi connectivity index (χ1n) is 6.66. The lowest BCUT2D eigenvalue weighted by Gasteiger charge is -2.07. The van der Waals surface area contributed by atoms with Crippen LogP contribution in [0.15, 0.2) is 24.3 Å². The number of ether oxygens (including phenoxy) is 1. The van der Waals surface area contributed by atoms with Gasteiger partial charge in [0.1, 0.15) is 4.88 Å². The first-order chi connectivity index (χ1) is 9.59. The minimum Gasteiger partial charge on any atom is -0.379 e. The SMILES string of the molecule is CC(C)OCCCNC(=O)c1sc2ccccc2c1Cl. The minimum absolute atomic E-state index is 0.110. The van der Waals surface area contributed by atoms with Gasteiger partial charge in [0.05, 0.1) is 11.1 Å². The van der Waals surface area contributed by atoms with E-state index in [1.807, 2.05) is 38.1 Å². The van der Waals surface area contributed by atoms with Gasteiger partial charge in [-0.05, 0) is 26.3 Å². The molecule has 1 heterocycles. The maximum absolute atomic E-state index is 12.1. The highest BCUT2D eigenvalue weighted by molar-refractivity contribution is 7.21. The molecule has 0 spiro atoms. The molecule has 0 bridgehead atoms. The monoisotopic (exact) mass is 311 g/mol. The lowest BCUT2D eigenvalue weighted by molar-refractivity contribution is 0.0757. The van der Waals surface area contributed by atoms with Gasteiger partial charge in [0, 0.05) is 23.2 Å². The van der Waals surface area contributed by atoms with Gasteiger partial charge in [0.25, 0.3) is 5.91 Å². The van der Waals surface area contributed by atoms with Crippen LogP contribution in [0, 0.1) is 0 Å². The fourth-order valence-corrected chi connectivity index (χ4v) is 3.27. The van der Waals surface area contributed by atoms with Crippen molar-refractivity contribution >= 4 is 38.9 Å². The number of thiophene rings is 1. The van der Waals surface area contributed by atoms with Crippen LogP contribution in [-0.4, -0.2) is 25.2 Å². The lowest BCUT2D eigenvalue weighted by Crippen LogP contribution is -2.25. The molecule has 0 unspecified atom stereocenters. The molecule has 2 rings (SSSR count). The van der Waals surface area contributed by atoms with E-state index in [1.165, 1.54) is 11.3 Å². The maximum Gasteiger partial charge on any atom is 0.262 e. The van der Waals surface area contributed by atoms with Gasteiger partial charge in [-0.2, -0.15) is 0 Å². The van der Waals surface area contributed by atoms with Gasteiger partial charge in [-0.25, -0.2) is 0 Å². The van der Waals surface area contributed by atoms with Gasteiger partial charge >= 0.3 is 0 Å². The number of benzene rings is 1. The van der Waals surface area contributed by atoms with Gasteiger partial charge in [-0.15, -0.1) is 11.3 Å². The molecule has 2 aromatic rings. The Hall–Kier alpha value is -1.10. The smallest absolute Gasteiger partial charge is 0.262 e. The van der Waals surface area contributed by atoms with E-state index in [2.05, 4.69) is 5.32 Å². The van der Waals surface area contributed by atoms with Crippen LogP contribution in [-0.2, 0) is 4.74 Å². The standard InChI is InChI=1S/C15H18ClNO2S/c1-10(2)19-9-5-8-17-15(18)14-13(16)11-6-3-4-7-12(11)20-14/h3-4,6-7,10H,5,8-9H2,1-2H3,(H,17,18). The van der Waals surface area contributed by atoms with E-state index in [0.717, 1.165) is 16.5 Å². The summed E-state index contributed by atoms with van der Waals surface area (Å²) < 4.78 is 6.46. The Labute approximate surface area is 127 Å². The molecule has 0 saturated heterocycles. The molecular formula is C15H18ClNO2S. The number of hydrogen-bond donors (Lipinski definition) is 1. The summed E-state index contributed by atoms with van der Waals surface area (Å²) in [6.07, 6.45) is 1.02. The van der Waals surface area contributed by atoms with Crippen LogP contribution < -0.4 is 5.32 Å². The Morgan fingerprint density at radius 3 is 2.85 bits per heavy atom. The van der Waals surface area contributed by atoms with Crippen LogP contribution in [0.5, 0.6) is 0 Å². The number of hydrogen-bond acceptors (Lipinski definition) is 3. The van der Waals surface area contributed by atoms with Gasteiger partial charge in [-0.3, -0.25) is 4.79 Å². The lowest BCUT2D eigenvalue weighted by atomic mass is 10.2. The predicted molar refractivity (Wildman–Crippen MR) is 84.9 cm³/mol. The molecule has 5 heteroatoms. The van der Waals surface area contributed by atoms with Crippen molar-refractivity contribution in [1.29, 1.82) is 0 Å². The highest BCUT2D eigenvalue weighted by Crippen LogP contribution is 2.34. The minimum atomic E-state index is -0.110. The first-order valence-corrected chi connectivity index (χ1v) is 7.86. The van der Waals surface area contributed by atoms with Crippen LogP contribution in [0.2, 0.25) is 5.02 Å². The van der Waals surface area contributed by atoms with Crippen molar-refractivity contribution in [3.63, 3.8) is 0 Å². The summed E-state index contributed by atoms with van der Waals surface area (Å²) in [4.78, 5) is 12.7. The molecule has 1 aromatic carbocycles. The summed E-state index contributed by atoms with van der Waals surface area (Å²) >= 11 is 7.68. The Morgan fingerprint density at radius 1 is 1.40 bits per heavy atom. The Morgan fingerprint density at radius 2 is 2.15 bits per heavy atom. The van der Waals surface area contributed by atoms with Crippen molar-refractivity contribution in [3.05, 3.63) is 34.2 Å². The number of carbonyl (C=O) groups excluding carboxylic acids is 1. The van der Waals surface area contributed by atoms with E-state index in [9.17, 15) is 4.79 Å². The third kappa shape index (κ3) is 3.72. The second-order valence-electron chi connectivity index (χ2n) is 4.77. The van der Waals surface area contributed by atoms with Crippen molar-refractivity contribution in [2.75, 3.05) is 13.2 Å². The van der Waals surface area contributed by atoms with Gasteiger partial charge in [-0.1, -0.05) is 29.8 Å². The van der Waals surface area contributed by atoms with Crippen LogP contribution in [0.1, 0.15) is 29.9 Å². The Bertz CT molecular complexity index is 595. The van der Waals surface area contributed by atoms with Crippen molar-refractivity contribution in [1.82, 2.24) is 5.32 Å². The Kier molecular flexibility index (Phi) is 5.40. The molecule has 0 radical (unpaired) electrons. The summed E-state index contributed by atoms with van der Waals surface area (Å²) in [5, 5.41) is 4.36. The largest absolute Gasteiger partial charge is 0.379 e. The fraction of sp³-hybridized carbons (Fsp3) is 0.400. The third-order valence-corrected chi connectivity index (χ3v) is 4.47. The van der Waals surface area contributed by atoms with Gasteiger partial charge < -0.3 is 10.1 Å². The molecule has 0 atom stereocenters. The molecule has 0 aliphatic heterocycles. The quantitative estimate of drug-likeness (QED) is 0.816. The molecule has 20 heavy (non-hydrogen) atoms. The molecule has 1 aromatic heterocycles. The van der Waals surface area contributed by atoms with Gasteiger partial charge in [0.15, 0.2) is 0 Å². The van der Waals surface area contributed by atoms with Crippen molar-refractivity contribution in [3.8, 4) is 0 Å². The average molecular weight is 312 g/mol. The molecular weight excluding hydrogens is 294 g/mol. The first kappa shape index (κ1) is 15.3. The topological polar surface area (TPSA) is 38.3 Å². The molecule has 0 saturated carbocycles. The normalized spacial score (nSPS) is 11.2. The van der Waals surface area contributed by atoms with E-state index >= 15 is 0 Å². The Balaban J connectivity index is 1.93. The second-order valence-corrected chi connectivity index (χ2v) is 6.20. The maximum atomic E-state index is 12.1. The van der Waals surface area contributed by atoms with Crippen molar-refractivity contribution in [2.24, 2.45) is 0 Å². The molecule has 0 aliphatic rings. The summed E-state index contributed by atoms with van der Waals surface area (Å²) in [6.45, 7) is 5.24. The van der Waals surface area contributed by atoms with Crippen LogP contribution in [0.4, 0.5) is 0 Å². The molecule has 108 valence electrons. The summed E-state index contributed by atoms with van der Waals surface area (Å²) in [5.74, 6) is -0.110. The molecule has 3 nitrogen and oxygen atoms in total. The van der Waals surface area contributed by atoms with Crippen LogP contribution in [0.3, 0.4) is 0 Å². The number of nitrogens with one attached hydrogen (secondary N) is 1. The second kappa shape index (κ2) is 7.07. The highest BCUT2D eigenvalue weighted by atomic mass is 35.5. The van der Waals surface area contributed by atoms with E-state index in [4.69, 9.17) is 16.3 Å². The molecule has 1 amide bonds. The van der Waals surface area contributed by atoms with E-state index in [1.54, 1.807) is 0 Å². The summed E-state index contributed by atoms with van der Waals surface area (Å²) in [6, 6.07) is 7.77. The third-order valence-electron chi connectivity index (χ3n) is 2.80. The molecule has 0 aliphatic carbocycles. The zero-order valence-corrected chi connectivity index (χ0v) is 13.2. The average Bonchev–Trinajstić information content (AvgIpc) is 2.76. The van der Waals surface area contributed by atoms with Crippen LogP contribution in [0.25, 0.3) is 10.1 Å². The van der Waals surface area contributed by atoms with E-state index in [0.29, 0.717) is 23.1 Å². The molecule has 0 fully saturated rings. The predicted octanol–water partition coefficient (Wildman–Crippen LogP) is 4.10. The van der Waals surface area contributed by atoms with Gasteiger partial charge in [0.2, 0.25) is 0 Å². The summed E-state index contributed by atoms with van der Waals surface area (Å²) in [7, 11) is 0. The fourth-order valence-electron chi connectivity index (χ4n) is 1.83. The highest BCUT2D eigenvalue weighted by Gasteiger charge is 2.16. The van der Waals surface area contributed by atoms with Crippen molar-refractivity contribution in [2.45, 2.75) is 26.4 Å². The number of fused-ring (bicyclic) bond motifs is 1. The van der Waals surface area contributed by atoms with Crippen LogP contribution >= 0.6 is 22.9 Å². The zero-order chi connectivity index (χ0) is 14.5. The van der Waals surface area contributed by atoms with E-state index < -0.39 is 0 Å². The molecule has 1 N–H and O–H groups in total. The zero-order valence-electron chi connectivity index (χ0n) is 11.6. The number of halogens is 1. The number of rotatable bonds is 6. The van der Waals surface area contributed by atoms with E-state index in [-0.39, 0.29) is 12.0 Å². The van der Waals surface area contributed by atoms with Crippen molar-refractivity contribution < 1.29 is 9.53 Å². The summed E-state index contributed by atoms with van der Waals surface area (Å²) in [5.41, 5.74) is 0. The number of carbonyl (C=O) groups is 1. The number of amides is 1.